The Balaban J connectivity index is 1.54. The lowest BCUT2D eigenvalue weighted by molar-refractivity contribution is -0.128. The van der Waals surface area contributed by atoms with Gasteiger partial charge in [0.2, 0.25) is 12.7 Å². The summed E-state index contributed by atoms with van der Waals surface area (Å²) in [6, 6.07) is 12.3. The van der Waals surface area contributed by atoms with Crippen LogP contribution in [0, 0.1) is 0 Å². The number of amides is 2. The van der Waals surface area contributed by atoms with Crippen molar-refractivity contribution in [3.8, 4) is 22.6 Å². The normalized spacial score (nSPS) is 18.3. The first-order valence-electron chi connectivity index (χ1n) is 8.87. The third kappa shape index (κ3) is 3.33. The van der Waals surface area contributed by atoms with E-state index in [9.17, 15) is 14.7 Å². The van der Waals surface area contributed by atoms with Crippen molar-refractivity contribution in [1.29, 1.82) is 0 Å². The fourth-order valence-corrected chi connectivity index (χ4v) is 3.41. The van der Waals surface area contributed by atoms with E-state index in [4.69, 9.17) is 9.47 Å². The quantitative estimate of drug-likeness (QED) is 0.852. The Labute approximate surface area is 156 Å². The van der Waals surface area contributed by atoms with Crippen molar-refractivity contribution in [2.24, 2.45) is 0 Å². The van der Waals surface area contributed by atoms with Gasteiger partial charge in [-0.1, -0.05) is 18.2 Å². The summed E-state index contributed by atoms with van der Waals surface area (Å²) in [6.45, 7) is 0.927. The monoisotopic (exact) mass is 368 g/mol. The van der Waals surface area contributed by atoms with Gasteiger partial charge in [0.05, 0.1) is 0 Å². The maximum absolute atomic E-state index is 12.9. The van der Waals surface area contributed by atoms with Crippen molar-refractivity contribution in [3.63, 3.8) is 0 Å². The van der Waals surface area contributed by atoms with E-state index in [1.807, 2.05) is 30.3 Å². The largest absolute Gasteiger partial charge is 0.454 e. The smallest absolute Gasteiger partial charge is 0.254 e. The minimum atomic E-state index is -0.634. The van der Waals surface area contributed by atoms with E-state index in [1.165, 1.54) is 4.90 Å². The molecule has 0 saturated carbocycles. The average Bonchev–Trinajstić information content (AvgIpc) is 3.17. The third-order valence-electron chi connectivity index (χ3n) is 4.83. The molecule has 0 radical (unpaired) electrons. The molecule has 2 aliphatic heterocycles. The summed E-state index contributed by atoms with van der Waals surface area (Å²) in [5, 5.41) is 11.9. The fraction of sp³-hybridized carbons (Fsp3) is 0.300. The Kier molecular flexibility index (Phi) is 4.68. The van der Waals surface area contributed by atoms with E-state index in [-0.39, 0.29) is 31.6 Å². The number of piperazine rings is 1. The SMILES string of the molecule is O=C1NCCN(C(=O)c2ccc(-c3ccc4c(c3)OCO4)cc2)[C@@H]1CCO. The van der Waals surface area contributed by atoms with Crippen LogP contribution in [0.25, 0.3) is 11.1 Å². The first-order valence-corrected chi connectivity index (χ1v) is 8.87. The molecule has 2 N–H and O–H groups in total. The molecule has 0 aliphatic carbocycles. The molecule has 0 aromatic heterocycles. The maximum Gasteiger partial charge on any atom is 0.254 e. The van der Waals surface area contributed by atoms with E-state index in [2.05, 4.69) is 5.32 Å². The minimum absolute atomic E-state index is 0.148. The number of carbonyl (C=O) groups is 2. The second-order valence-electron chi connectivity index (χ2n) is 6.46. The van der Waals surface area contributed by atoms with Crippen molar-refractivity contribution in [2.45, 2.75) is 12.5 Å². The van der Waals surface area contributed by atoms with Gasteiger partial charge in [0.15, 0.2) is 11.5 Å². The second kappa shape index (κ2) is 7.28. The highest BCUT2D eigenvalue weighted by atomic mass is 16.7. The number of benzene rings is 2. The average molecular weight is 368 g/mol. The van der Waals surface area contributed by atoms with Crippen LogP contribution in [0.1, 0.15) is 16.8 Å². The predicted octanol–water partition coefficient (Wildman–Crippen LogP) is 1.41. The Hall–Kier alpha value is -3.06. The highest BCUT2D eigenvalue weighted by Crippen LogP contribution is 2.35. The van der Waals surface area contributed by atoms with Crippen LogP contribution in [0.3, 0.4) is 0 Å². The molecule has 0 bridgehead atoms. The van der Waals surface area contributed by atoms with Gasteiger partial charge >= 0.3 is 0 Å². The van der Waals surface area contributed by atoms with Gasteiger partial charge < -0.3 is 24.8 Å². The van der Waals surface area contributed by atoms with Gasteiger partial charge in [-0.3, -0.25) is 9.59 Å². The van der Waals surface area contributed by atoms with Crippen LogP contribution >= 0.6 is 0 Å². The standard InChI is InChI=1S/C20H20N2O5/c23-10-7-16-19(24)21-8-9-22(16)20(25)14-3-1-13(2-4-14)15-5-6-17-18(11-15)27-12-26-17/h1-6,11,16,23H,7-10,12H2,(H,21,24)/t16-/m1/s1. The van der Waals surface area contributed by atoms with Crippen LogP contribution in [0.5, 0.6) is 11.5 Å². The number of rotatable bonds is 4. The van der Waals surface area contributed by atoms with Crippen LogP contribution in [-0.4, -0.2) is 54.4 Å². The van der Waals surface area contributed by atoms with Crippen LogP contribution in [0.15, 0.2) is 42.5 Å². The lowest BCUT2D eigenvalue weighted by Gasteiger charge is -2.34. The van der Waals surface area contributed by atoms with Gasteiger partial charge in [0.25, 0.3) is 5.91 Å². The Morgan fingerprint density at radius 2 is 1.85 bits per heavy atom. The summed E-state index contributed by atoms with van der Waals surface area (Å²) < 4.78 is 10.7. The molecule has 1 saturated heterocycles. The fourth-order valence-electron chi connectivity index (χ4n) is 3.41. The molecule has 7 nitrogen and oxygen atoms in total. The third-order valence-corrected chi connectivity index (χ3v) is 4.83. The molecule has 7 heteroatoms. The van der Waals surface area contributed by atoms with Gasteiger partial charge in [-0.15, -0.1) is 0 Å². The Morgan fingerprint density at radius 3 is 2.63 bits per heavy atom. The van der Waals surface area contributed by atoms with E-state index in [1.54, 1.807) is 12.1 Å². The van der Waals surface area contributed by atoms with Crippen molar-refractivity contribution in [1.82, 2.24) is 10.2 Å². The maximum atomic E-state index is 12.9. The predicted molar refractivity (Wildman–Crippen MR) is 97.5 cm³/mol. The number of nitrogens with one attached hydrogen (secondary N) is 1. The molecule has 2 amide bonds. The van der Waals surface area contributed by atoms with Crippen LogP contribution < -0.4 is 14.8 Å². The first kappa shape index (κ1) is 17.4. The second-order valence-corrected chi connectivity index (χ2v) is 6.46. The molecule has 4 rings (SSSR count). The number of nitrogens with zero attached hydrogens (tertiary/aromatic N) is 1. The van der Waals surface area contributed by atoms with Crippen LogP contribution in [0.4, 0.5) is 0 Å². The van der Waals surface area contributed by atoms with Crippen molar-refractivity contribution in [2.75, 3.05) is 26.5 Å². The van der Waals surface area contributed by atoms with Gasteiger partial charge in [-0.25, -0.2) is 0 Å². The number of aliphatic hydroxyl groups excluding tert-OH is 1. The molecule has 0 spiro atoms. The first-order chi connectivity index (χ1) is 13.2. The summed E-state index contributed by atoms with van der Waals surface area (Å²) in [5.41, 5.74) is 2.43. The summed E-state index contributed by atoms with van der Waals surface area (Å²) in [7, 11) is 0. The number of ether oxygens (including phenoxy) is 2. The molecule has 2 aromatic carbocycles. The summed E-state index contributed by atoms with van der Waals surface area (Å²) >= 11 is 0. The van der Waals surface area contributed by atoms with Crippen molar-refractivity contribution in [3.05, 3.63) is 48.0 Å². The highest BCUT2D eigenvalue weighted by molar-refractivity contribution is 5.98. The summed E-state index contributed by atoms with van der Waals surface area (Å²) in [4.78, 5) is 26.4. The molecule has 2 aromatic rings. The van der Waals surface area contributed by atoms with Crippen molar-refractivity contribution >= 4 is 11.8 Å². The molecule has 0 unspecified atom stereocenters. The van der Waals surface area contributed by atoms with Gasteiger partial charge in [0, 0.05) is 25.3 Å². The summed E-state index contributed by atoms with van der Waals surface area (Å²) in [5.74, 6) is 1.00. The van der Waals surface area contributed by atoms with Gasteiger partial charge in [-0.05, 0) is 41.8 Å². The number of aliphatic hydroxyl groups is 1. The zero-order valence-corrected chi connectivity index (χ0v) is 14.7. The van der Waals surface area contributed by atoms with Crippen LogP contribution in [-0.2, 0) is 4.79 Å². The van der Waals surface area contributed by atoms with Gasteiger partial charge in [0.1, 0.15) is 6.04 Å². The summed E-state index contributed by atoms with van der Waals surface area (Å²) in [6.07, 6.45) is 0.229. The molecule has 1 fully saturated rings. The molecule has 2 aliphatic rings. The molecule has 27 heavy (non-hydrogen) atoms. The molecular formula is C20H20N2O5. The van der Waals surface area contributed by atoms with Gasteiger partial charge in [-0.2, -0.15) is 0 Å². The molecule has 2 heterocycles. The number of carbonyl (C=O) groups excluding carboxylic acids is 2. The molecule has 1 atom stereocenters. The molecular weight excluding hydrogens is 348 g/mol. The zero-order chi connectivity index (χ0) is 18.8. The lowest BCUT2D eigenvalue weighted by Crippen LogP contribution is -2.57. The van der Waals surface area contributed by atoms with Crippen molar-refractivity contribution < 1.29 is 24.2 Å². The van der Waals surface area contributed by atoms with E-state index in [0.717, 1.165) is 16.9 Å². The van der Waals surface area contributed by atoms with E-state index < -0.39 is 6.04 Å². The Bertz CT molecular complexity index is 865. The number of hydrogen-bond acceptors (Lipinski definition) is 5. The Morgan fingerprint density at radius 1 is 1.11 bits per heavy atom. The zero-order valence-electron chi connectivity index (χ0n) is 14.7. The van der Waals surface area contributed by atoms with Crippen LogP contribution in [0.2, 0.25) is 0 Å². The number of fused-ring (bicyclic) bond motifs is 1. The number of hydrogen-bond donors (Lipinski definition) is 2. The lowest BCUT2D eigenvalue weighted by atomic mass is 10.0. The minimum Gasteiger partial charge on any atom is -0.454 e. The van der Waals surface area contributed by atoms with E-state index in [0.29, 0.717) is 24.4 Å². The topological polar surface area (TPSA) is 88.1 Å². The van der Waals surface area contributed by atoms with E-state index >= 15 is 0 Å². The molecule has 140 valence electrons. The highest BCUT2D eigenvalue weighted by Gasteiger charge is 2.32.